The molecule has 0 unspecified atom stereocenters. The fraction of sp³-hybridized carbons (Fsp3) is 0.474. The summed E-state index contributed by atoms with van der Waals surface area (Å²) in [5.41, 5.74) is 0.348. The molecule has 2 rings (SSSR count). The number of phenolic OH excluding ortho intramolecular Hbond substituents is 1. The number of hydrogen-bond acceptors (Lipinski definition) is 7. The average molecular weight is 364 g/mol. The van der Waals surface area contributed by atoms with E-state index in [4.69, 9.17) is 9.47 Å². The topological polar surface area (TPSA) is 113 Å². The quantitative estimate of drug-likeness (QED) is 0.652. The lowest BCUT2D eigenvalue weighted by molar-refractivity contribution is -0.132. The summed E-state index contributed by atoms with van der Waals surface area (Å²) in [6.45, 7) is 1.69. The second-order valence-corrected chi connectivity index (χ2v) is 6.34. The maximum atomic E-state index is 12.5. The van der Waals surface area contributed by atoms with Crippen LogP contribution in [0.3, 0.4) is 0 Å². The van der Waals surface area contributed by atoms with Gasteiger partial charge in [-0.1, -0.05) is 12.2 Å². The van der Waals surface area contributed by atoms with Crippen LogP contribution < -0.4 is 4.74 Å². The van der Waals surface area contributed by atoms with Crippen LogP contribution in [-0.2, 0) is 9.53 Å². The molecule has 0 bridgehead atoms. The van der Waals surface area contributed by atoms with Gasteiger partial charge in [-0.05, 0) is 37.8 Å². The van der Waals surface area contributed by atoms with Crippen molar-refractivity contribution >= 4 is 17.8 Å². The van der Waals surface area contributed by atoms with E-state index in [0.29, 0.717) is 24.2 Å². The van der Waals surface area contributed by atoms with E-state index in [0.717, 1.165) is 0 Å². The van der Waals surface area contributed by atoms with E-state index in [1.165, 1.54) is 25.3 Å². The molecule has 0 spiro atoms. The molecule has 1 aromatic carbocycles. The highest BCUT2D eigenvalue weighted by atomic mass is 16.5. The first kappa shape index (κ1) is 19.9. The second kappa shape index (κ2) is 8.82. The number of esters is 1. The van der Waals surface area contributed by atoms with Gasteiger partial charge in [0.2, 0.25) is 0 Å². The normalized spacial score (nSPS) is 26.4. The first-order valence-corrected chi connectivity index (χ1v) is 8.50. The molecule has 7 nitrogen and oxygen atoms in total. The molecule has 0 radical (unpaired) electrons. The van der Waals surface area contributed by atoms with Crippen LogP contribution in [0.1, 0.15) is 48.5 Å². The summed E-state index contributed by atoms with van der Waals surface area (Å²) < 4.78 is 10.5. The smallest absolute Gasteiger partial charge is 0.342 e. The predicted octanol–water partition coefficient (Wildman–Crippen LogP) is 1.82. The number of ketones is 1. The molecule has 142 valence electrons. The minimum Gasteiger partial charge on any atom is -0.507 e. The first-order chi connectivity index (χ1) is 12.3. The highest BCUT2D eigenvalue weighted by molar-refractivity contribution is 5.97. The van der Waals surface area contributed by atoms with Crippen molar-refractivity contribution in [2.75, 3.05) is 7.11 Å². The number of carbonyl (C=O) groups is 2. The van der Waals surface area contributed by atoms with Crippen LogP contribution in [0.15, 0.2) is 18.2 Å². The summed E-state index contributed by atoms with van der Waals surface area (Å²) in [6, 6.07) is 2.87. The molecule has 1 aliphatic rings. The fourth-order valence-electron chi connectivity index (χ4n) is 2.78. The maximum Gasteiger partial charge on any atom is 0.342 e. The van der Waals surface area contributed by atoms with Crippen LogP contribution >= 0.6 is 0 Å². The van der Waals surface area contributed by atoms with E-state index in [1.807, 2.05) is 0 Å². The molecule has 1 aliphatic heterocycles. The van der Waals surface area contributed by atoms with Gasteiger partial charge in [0.05, 0.1) is 19.3 Å². The van der Waals surface area contributed by atoms with Gasteiger partial charge in [-0.2, -0.15) is 0 Å². The van der Waals surface area contributed by atoms with Crippen LogP contribution in [-0.4, -0.2) is 52.5 Å². The number of Topliss-reactive ketones (excluding diaryl/α,β-unsaturated/α-hetero) is 1. The average Bonchev–Trinajstić information content (AvgIpc) is 2.59. The first-order valence-electron chi connectivity index (χ1n) is 8.50. The molecule has 0 aliphatic carbocycles. The standard InChI is InChI=1S/C19H24O7/c1-11-5-3-7-14(20)18(23)15(21)8-4-6-12-9-13(25-2)10-16(22)17(12)19(24)26-11/h4,6,9-11,15,18,21-23H,3,5,7-8H2,1-2H3/b6-4+/t11-,15+,18-/m1/s1. The van der Waals surface area contributed by atoms with E-state index in [-0.39, 0.29) is 24.2 Å². The van der Waals surface area contributed by atoms with Crippen molar-refractivity contribution in [3.8, 4) is 11.5 Å². The molecule has 3 N–H and O–H groups in total. The Balaban J connectivity index is 2.41. The van der Waals surface area contributed by atoms with Crippen LogP contribution in [0.25, 0.3) is 6.08 Å². The molecule has 0 amide bonds. The number of cyclic esters (lactones) is 1. The van der Waals surface area contributed by atoms with Gasteiger partial charge >= 0.3 is 5.97 Å². The lowest BCUT2D eigenvalue weighted by Gasteiger charge is -2.18. The monoisotopic (exact) mass is 364 g/mol. The molecule has 1 heterocycles. The number of carbonyl (C=O) groups excluding carboxylic acids is 2. The number of aliphatic hydroxyl groups excluding tert-OH is 2. The number of aliphatic hydroxyl groups is 2. The molecule has 3 atom stereocenters. The van der Waals surface area contributed by atoms with Crippen LogP contribution in [0.2, 0.25) is 0 Å². The summed E-state index contributed by atoms with van der Waals surface area (Å²) in [7, 11) is 1.43. The van der Waals surface area contributed by atoms with E-state index in [2.05, 4.69) is 0 Å². The Bertz CT molecular complexity index is 695. The lowest BCUT2D eigenvalue weighted by atomic mass is 9.99. The number of phenols is 1. The Kier molecular flexibility index (Phi) is 6.76. The minimum absolute atomic E-state index is 0.00271. The molecule has 7 heteroatoms. The van der Waals surface area contributed by atoms with Crippen LogP contribution in [0.5, 0.6) is 11.5 Å². The zero-order chi connectivity index (χ0) is 19.3. The van der Waals surface area contributed by atoms with Crippen LogP contribution in [0, 0.1) is 0 Å². The van der Waals surface area contributed by atoms with Crippen molar-refractivity contribution in [3.63, 3.8) is 0 Å². The minimum atomic E-state index is -1.46. The van der Waals surface area contributed by atoms with Gasteiger partial charge in [-0.15, -0.1) is 0 Å². The molecule has 0 saturated carbocycles. The SMILES string of the molecule is COc1cc(O)c2c(c1)/C=C/C[C@H](O)[C@H](O)C(=O)CCC[C@@H](C)OC2=O. The number of benzene rings is 1. The second-order valence-electron chi connectivity index (χ2n) is 6.34. The Morgan fingerprint density at radius 1 is 1.23 bits per heavy atom. The molecular formula is C19H24O7. The van der Waals surface area contributed by atoms with Gasteiger partial charge in [0.25, 0.3) is 0 Å². The van der Waals surface area contributed by atoms with Gasteiger partial charge in [-0.3, -0.25) is 4.79 Å². The Morgan fingerprint density at radius 3 is 2.65 bits per heavy atom. The van der Waals surface area contributed by atoms with Gasteiger partial charge in [-0.25, -0.2) is 4.79 Å². The number of ether oxygens (including phenoxy) is 2. The molecule has 26 heavy (non-hydrogen) atoms. The van der Waals surface area contributed by atoms with E-state index in [1.54, 1.807) is 13.0 Å². The zero-order valence-electron chi connectivity index (χ0n) is 14.8. The third kappa shape index (κ3) is 4.83. The third-order valence-electron chi connectivity index (χ3n) is 4.27. The van der Waals surface area contributed by atoms with Crippen molar-refractivity contribution in [3.05, 3.63) is 29.3 Å². The third-order valence-corrected chi connectivity index (χ3v) is 4.27. The maximum absolute atomic E-state index is 12.5. The number of hydrogen-bond donors (Lipinski definition) is 3. The van der Waals surface area contributed by atoms with Gasteiger partial charge in [0, 0.05) is 12.5 Å². The highest BCUT2D eigenvalue weighted by Crippen LogP contribution is 2.30. The summed E-state index contributed by atoms with van der Waals surface area (Å²) in [6.07, 6.45) is 0.776. The van der Waals surface area contributed by atoms with E-state index >= 15 is 0 Å². The fourth-order valence-corrected chi connectivity index (χ4v) is 2.78. The summed E-state index contributed by atoms with van der Waals surface area (Å²) >= 11 is 0. The van der Waals surface area contributed by atoms with Gasteiger partial charge in [0.1, 0.15) is 23.2 Å². The summed E-state index contributed by atoms with van der Waals surface area (Å²) in [4.78, 5) is 24.4. The largest absolute Gasteiger partial charge is 0.507 e. The Hall–Kier alpha value is -2.38. The van der Waals surface area contributed by atoms with Crippen molar-refractivity contribution < 1.29 is 34.4 Å². The highest BCUT2D eigenvalue weighted by Gasteiger charge is 2.25. The molecule has 0 fully saturated rings. The predicted molar refractivity (Wildman–Crippen MR) is 94.1 cm³/mol. The van der Waals surface area contributed by atoms with Gasteiger partial charge in [0.15, 0.2) is 5.78 Å². The van der Waals surface area contributed by atoms with E-state index < -0.39 is 30.1 Å². The molecule has 0 aromatic heterocycles. The van der Waals surface area contributed by atoms with Crippen molar-refractivity contribution in [2.45, 2.75) is 50.9 Å². The Labute approximate surface area is 151 Å². The van der Waals surface area contributed by atoms with E-state index in [9.17, 15) is 24.9 Å². The molecular weight excluding hydrogens is 340 g/mol. The lowest BCUT2D eigenvalue weighted by Crippen LogP contribution is -2.33. The van der Waals surface area contributed by atoms with Crippen molar-refractivity contribution in [1.29, 1.82) is 0 Å². The van der Waals surface area contributed by atoms with Gasteiger partial charge < -0.3 is 24.8 Å². The molecule has 1 aromatic rings. The number of rotatable bonds is 1. The summed E-state index contributed by atoms with van der Waals surface area (Å²) in [5, 5.41) is 30.1. The summed E-state index contributed by atoms with van der Waals surface area (Å²) in [5.74, 6) is -1.05. The van der Waals surface area contributed by atoms with Crippen LogP contribution in [0.4, 0.5) is 0 Å². The number of fused-ring (bicyclic) bond motifs is 1. The Morgan fingerprint density at radius 2 is 1.96 bits per heavy atom. The number of methoxy groups -OCH3 is 1. The van der Waals surface area contributed by atoms with Crippen molar-refractivity contribution in [2.24, 2.45) is 0 Å². The van der Waals surface area contributed by atoms with Crippen molar-refractivity contribution in [1.82, 2.24) is 0 Å². The molecule has 0 saturated heterocycles. The zero-order valence-corrected chi connectivity index (χ0v) is 14.8. The number of aromatic hydroxyl groups is 1.